The minimum atomic E-state index is -0.832. The van der Waals surface area contributed by atoms with Crippen molar-refractivity contribution in [1.82, 2.24) is 24.7 Å². The van der Waals surface area contributed by atoms with Crippen LogP contribution < -0.4 is 5.32 Å². The Hall–Kier alpha value is -2.09. The standard InChI is InChI=1S/C13H21N5O3/c1-11(8-17-3-2-14-10-17)15-13(21)18-6-4-16(5-7-18)9-12(19)20/h2-3,10-11H,4-9H2,1H3,(H,15,21)(H,19,20). The second-order valence-electron chi connectivity index (χ2n) is 5.27. The Bertz CT molecular complexity index is 468. The lowest BCUT2D eigenvalue weighted by Crippen LogP contribution is -2.54. The van der Waals surface area contributed by atoms with Crippen LogP contribution in [0.5, 0.6) is 0 Å². The number of piperazine rings is 1. The number of aliphatic carboxylic acids is 1. The molecule has 0 saturated carbocycles. The van der Waals surface area contributed by atoms with Crippen LogP contribution in [-0.4, -0.2) is 75.2 Å². The number of carboxylic acids is 1. The van der Waals surface area contributed by atoms with Gasteiger partial charge in [-0.15, -0.1) is 0 Å². The molecule has 1 saturated heterocycles. The number of carboxylic acid groups (broad SMARTS) is 1. The first kappa shape index (κ1) is 15.3. The summed E-state index contributed by atoms with van der Waals surface area (Å²) in [5, 5.41) is 11.7. The summed E-state index contributed by atoms with van der Waals surface area (Å²) in [6.45, 7) is 4.94. The van der Waals surface area contributed by atoms with E-state index in [4.69, 9.17) is 5.11 Å². The summed E-state index contributed by atoms with van der Waals surface area (Å²) in [6, 6.07) is -0.0960. The van der Waals surface area contributed by atoms with Crippen molar-refractivity contribution in [3.8, 4) is 0 Å². The maximum atomic E-state index is 12.1. The van der Waals surface area contributed by atoms with E-state index in [0.29, 0.717) is 32.7 Å². The molecule has 2 rings (SSSR count). The van der Waals surface area contributed by atoms with E-state index >= 15 is 0 Å². The van der Waals surface area contributed by atoms with Gasteiger partial charge in [-0.2, -0.15) is 0 Å². The van der Waals surface area contributed by atoms with E-state index in [2.05, 4.69) is 10.3 Å². The van der Waals surface area contributed by atoms with Gasteiger partial charge < -0.3 is 19.9 Å². The van der Waals surface area contributed by atoms with Crippen LogP contribution in [0.25, 0.3) is 0 Å². The number of rotatable bonds is 5. The van der Waals surface area contributed by atoms with Crippen LogP contribution in [0.15, 0.2) is 18.7 Å². The zero-order valence-electron chi connectivity index (χ0n) is 12.1. The summed E-state index contributed by atoms with van der Waals surface area (Å²) in [6.07, 6.45) is 5.27. The predicted octanol–water partition coefficient (Wildman–Crippen LogP) is -0.317. The van der Waals surface area contributed by atoms with Crippen molar-refractivity contribution in [2.24, 2.45) is 0 Å². The molecule has 116 valence electrons. The molecule has 1 aliphatic heterocycles. The predicted molar refractivity (Wildman–Crippen MR) is 75.9 cm³/mol. The van der Waals surface area contributed by atoms with Gasteiger partial charge in [-0.3, -0.25) is 9.69 Å². The van der Waals surface area contributed by atoms with Crippen LogP contribution in [0.4, 0.5) is 4.79 Å². The van der Waals surface area contributed by atoms with Crippen molar-refractivity contribution in [2.75, 3.05) is 32.7 Å². The maximum absolute atomic E-state index is 12.1. The summed E-state index contributed by atoms with van der Waals surface area (Å²) in [4.78, 5) is 30.3. The summed E-state index contributed by atoms with van der Waals surface area (Å²) in [5.74, 6) is -0.832. The second-order valence-corrected chi connectivity index (χ2v) is 5.27. The Morgan fingerprint density at radius 3 is 2.62 bits per heavy atom. The van der Waals surface area contributed by atoms with Gasteiger partial charge >= 0.3 is 12.0 Å². The van der Waals surface area contributed by atoms with E-state index < -0.39 is 5.97 Å². The van der Waals surface area contributed by atoms with Crippen LogP contribution in [0.2, 0.25) is 0 Å². The molecule has 1 aliphatic rings. The van der Waals surface area contributed by atoms with Crippen molar-refractivity contribution >= 4 is 12.0 Å². The molecular formula is C13H21N5O3. The Kier molecular flexibility index (Phi) is 5.15. The Labute approximate surface area is 123 Å². The zero-order chi connectivity index (χ0) is 15.2. The number of urea groups is 1. The molecule has 8 nitrogen and oxygen atoms in total. The van der Waals surface area contributed by atoms with E-state index in [1.54, 1.807) is 17.4 Å². The minimum absolute atomic E-state index is 0.00347. The number of amides is 2. The van der Waals surface area contributed by atoms with Gasteiger partial charge in [0.25, 0.3) is 0 Å². The molecule has 1 fully saturated rings. The Balaban J connectivity index is 1.73. The van der Waals surface area contributed by atoms with Gasteiger partial charge in [-0.05, 0) is 6.92 Å². The minimum Gasteiger partial charge on any atom is -0.480 e. The fraction of sp³-hybridized carbons (Fsp3) is 0.615. The normalized spacial score (nSPS) is 17.5. The molecule has 1 atom stereocenters. The monoisotopic (exact) mass is 295 g/mol. The fourth-order valence-electron chi connectivity index (χ4n) is 2.36. The van der Waals surface area contributed by atoms with Crippen molar-refractivity contribution in [3.05, 3.63) is 18.7 Å². The average molecular weight is 295 g/mol. The van der Waals surface area contributed by atoms with Crippen LogP contribution >= 0.6 is 0 Å². The highest BCUT2D eigenvalue weighted by Crippen LogP contribution is 2.02. The molecule has 2 amide bonds. The average Bonchev–Trinajstić information content (AvgIpc) is 2.91. The SMILES string of the molecule is CC(Cn1ccnc1)NC(=O)N1CCN(CC(=O)O)CC1. The lowest BCUT2D eigenvalue weighted by Gasteiger charge is -2.34. The van der Waals surface area contributed by atoms with Crippen LogP contribution in [0.3, 0.4) is 0 Å². The number of nitrogens with zero attached hydrogens (tertiary/aromatic N) is 4. The third kappa shape index (κ3) is 4.75. The van der Waals surface area contributed by atoms with Crippen molar-refractivity contribution < 1.29 is 14.7 Å². The highest BCUT2D eigenvalue weighted by atomic mass is 16.4. The molecule has 0 radical (unpaired) electrons. The third-order valence-corrected chi connectivity index (χ3v) is 3.43. The van der Waals surface area contributed by atoms with E-state index in [1.165, 1.54) is 0 Å². The number of imidazole rings is 1. The molecule has 0 spiro atoms. The molecule has 1 aromatic rings. The molecule has 1 unspecified atom stereocenters. The molecule has 2 N–H and O–H groups in total. The zero-order valence-corrected chi connectivity index (χ0v) is 12.1. The molecule has 0 bridgehead atoms. The van der Waals surface area contributed by atoms with Crippen LogP contribution in [0.1, 0.15) is 6.92 Å². The van der Waals surface area contributed by atoms with E-state index in [9.17, 15) is 9.59 Å². The number of hydrogen-bond donors (Lipinski definition) is 2. The molecule has 0 aliphatic carbocycles. The number of hydrogen-bond acceptors (Lipinski definition) is 4. The molecule has 2 heterocycles. The molecular weight excluding hydrogens is 274 g/mol. The van der Waals surface area contributed by atoms with Crippen molar-refractivity contribution in [2.45, 2.75) is 19.5 Å². The third-order valence-electron chi connectivity index (χ3n) is 3.43. The number of nitrogens with one attached hydrogen (secondary N) is 1. The summed E-state index contributed by atoms with van der Waals surface area (Å²) in [7, 11) is 0. The lowest BCUT2D eigenvalue weighted by molar-refractivity contribution is -0.138. The first-order valence-electron chi connectivity index (χ1n) is 7.00. The van der Waals surface area contributed by atoms with Gasteiger partial charge in [-0.1, -0.05) is 0 Å². The van der Waals surface area contributed by atoms with Gasteiger partial charge in [-0.25, -0.2) is 9.78 Å². The van der Waals surface area contributed by atoms with E-state index in [-0.39, 0.29) is 18.6 Å². The van der Waals surface area contributed by atoms with Gasteiger partial charge in [0.15, 0.2) is 0 Å². The highest BCUT2D eigenvalue weighted by Gasteiger charge is 2.22. The molecule has 8 heteroatoms. The summed E-state index contributed by atoms with van der Waals surface area (Å²) >= 11 is 0. The smallest absolute Gasteiger partial charge is 0.317 e. The first-order chi connectivity index (χ1) is 10.0. The quantitative estimate of drug-likeness (QED) is 0.777. The number of carbonyl (C=O) groups excluding carboxylic acids is 1. The van der Waals surface area contributed by atoms with Gasteiger partial charge in [0.2, 0.25) is 0 Å². The molecule has 0 aromatic carbocycles. The van der Waals surface area contributed by atoms with Crippen LogP contribution in [0, 0.1) is 0 Å². The van der Waals surface area contributed by atoms with Gasteiger partial charge in [0.05, 0.1) is 12.9 Å². The van der Waals surface area contributed by atoms with Crippen molar-refractivity contribution in [3.63, 3.8) is 0 Å². The Morgan fingerprint density at radius 2 is 2.05 bits per heavy atom. The fourth-order valence-corrected chi connectivity index (χ4v) is 2.36. The molecule has 1 aromatic heterocycles. The summed E-state index contributed by atoms with van der Waals surface area (Å²) < 4.78 is 1.91. The topological polar surface area (TPSA) is 90.7 Å². The summed E-state index contributed by atoms with van der Waals surface area (Å²) in [5.41, 5.74) is 0. The number of carbonyl (C=O) groups is 2. The first-order valence-corrected chi connectivity index (χ1v) is 7.00. The van der Waals surface area contributed by atoms with E-state index in [0.717, 1.165) is 0 Å². The van der Waals surface area contributed by atoms with Crippen LogP contribution in [-0.2, 0) is 11.3 Å². The van der Waals surface area contributed by atoms with Crippen molar-refractivity contribution in [1.29, 1.82) is 0 Å². The van der Waals surface area contributed by atoms with Gasteiger partial charge in [0, 0.05) is 51.2 Å². The highest BCUT2D eigenvalue weighted by molar-refractivity contribution is 5.74. The number of aromatic nitrogens is 2. The maximum Gasteiger partial charge on any atom is 0.317 e. The largest absolute Gasteiger partial charge is 0.480 e. The van der Waals surface area contributed by atoms with E-state index in [1.807, 2.05) is 22.6 Å². The Morgan fingerprint density at radius 1 is 1.33 bits per heavy atom. The lowest BCUT2D eigenvalue weighted by atomic mass is 10.3. The van der Waals surface area contributed by atoms with Gasteiger partial charge in [0.1, 0.15) is 0 Å². The second kappa shape index (κ2) is 7.07. The molecule has 21 heavy (non-hydrogen) atoms.